The van der Waals surface area contributed by atoms with Gasteiger partial charge in [-0.2, -0.15) is 0 Å². The third kappa shape index (κ3) is 4.02. The molecular weight excluding hydrogens is 376 g/mol. The van der Waals surface area contributed by atoms with Crippen LogP contribution in [0.4, 0.5) is 0 Å². The molecule has 0 spiro atoms. The van der Waals surface area contributed by atoms with Gasteiger partial charge in [0.1, 0.15) is 0 Å². The summed E-state index contributed by atoms with van der Waals surface area (Å²) in [6.07, 6.45) is 5.21. The maximum atomic E-state index is 13.0. The van der Waals surface area contributed by atoms with E-state index in [0.29, 0.717) is 25.2 Å². The van der Waals surface area contributed by atoms with Gasteiger partial charge in [0.05, 0.1) is 11.3 Å². The topological polar surface area (TPSA) is 73.3 Å². The van der Waals surface area contributed by atoms with Crippen LogP contribution in [0, 0.1) is 6.92 Å². The highest BCUT2D eigenvalue weighted by Crippen LogP contribution is 2.20. The molecule has 7 nitrogen and oxygen atoms in total. The van der Waals surface area contributed by atoms with Crippen LogP contribution >= 0.6 is 0 Å². The third-order valence-electron chi connectivity index (χ3n) is 5.24. The molecule has 3 aliphatic heterocycles. The van der Waals surface area contributed by atoms with Crippen molar-refractivity contribution in [3.8, 4) is 0 Å². The summed E-state index contributed by atoms with van der Waals surface area (Å²) < 4.78 is 27.6. The number of carbonyl (C=O) groups excluding carboxylic acids is 1. The zero-order valence-corrected chi connectivity index (χ0v) is 16.7. The van der Waals surface area contributed by atoms with Gasteiger partial charge in [-0.1, -0.05) is 29.8 Å². The average Bonchev–Trinajstić information content (AvgIpc) is 2.67. The van der Waals surface area contributed by atoms with Gasteiger partial charge in [0.2, 0.25) is 0 Å². The quantitative estimate of drug-likeness (QED) is 0.761. The Hall–Kier alpha value is -2.45. The molecule has 0 aliphatic carbocycles. The number of nitrogens with zero attached hydrogens (tertiary/aromatic N) is 4. The molecule has 1 saturated heterocycles. The molecule has 0 bridgehead atoms. The third-order valence-corrected chi connectivity index (χ3v) is 6.39. The monoisotopic (exact) mass is 400 g/mol. The highest BCUT2D eigenvalue weighted by atomic mass is 32.2. The second kappa shape index (κ2) is 7.52. The van der Waals surface area contributed by atoms with Gasteiger partial charge in [-0.15, -0.1) is 4.40 Å². The maximum absolute atomic E-state index is 13.0. The van der Waals surface area contributed by atoms with E-state index >= 15 is 0 Å². The van der Waals surface area contributed by atoms with E-state index in [9.17, 15) is 13.2 Å². The van der Waals surface area contributed by atoms with Crippen LogP contribution in [0.3, 0.4) is 0 Å². The molecule has 1 amide bonds. The van der Waals surface area contributed by atoms with Crippen molar-refractivity contribution in [2.45, 2.75) is 13.5 Å². The normalized spacial score (nSPS) is 21.8. The highest BCUT2D eigenvalue weighted by molar-refractivity contribution is 7.90. The number of aryl methyl sites for hydroxylation is 1. The van der Waals surface area contributed by atoms with E-state index in [1.807, 2.05) is 0 Å². The lowest BCUT2D eigenvalue weighted by atomic mass is 10.1. The second-order valence-corrected chi connectivity index (χ2v) is 9.13. The summed E-state index contributed by atoms with van der Waals surface area (Å²) in [6, 6.07) is 8.47. The summed E-state index contributed by atoms with van der Waals surface area (Å²) in [5.41, 5.74) is 2.88. The molecule has 0 aromatic heterocycles. The first-order valence-corrected chi connectivity index (χ1v) is 11.1. The predicted molar refractivity (Wildman–Crippen MR) is 108 cm³/mol. The fourth-order valence-electron chi connectivity index (χ4n) is 3.73. The number of hydrogen-bond donors (Lipinski definition) is 0. The van der Waals surface area contributed by atoms with Crippen molar-refractivity contribution < 1.29 is 13.2 Å². The number of fused-ring (bicyclic) bond motifs is 1. The van der Waals surface area contributed by atoms with Crippen molar-refractivity contribution in [2.75, 3.05) is 38.5 Å². The van der Waals surface area contributed by atoms with E-state index in [0.717, 1.165) is 19.6 Å². The Kier molecular flexibility index (Phi) is 5.07. The van der Waals surface area contributed by atoms with Crippen molar-refractivity contribution >= 4 is 21.8 Å². The Morgan fingerprint density at radius 2 is 1.93 bits per heavy atom. The molecule has 3 aliphatic rings. The molecule has 1 fully saturated rings. The van der Waals surface area contributed by atoms with E-state index in [-0.39, 0.29) is 17.5 Å². The van der Waals surface area contributed by atoms with Crippen LogP contribution in [0.15, 0.2) is 52.6 Å². The van der Waals surface area contributed by atoms with Crippen molar-refractivity contribution in [3.05, 3.63) is 59.3 Å². The van der Waals surface area contributed by atoms with Crippen LogP contribution in [-0.2, 0) is 21.4 Å². The summed E-state index contributed by atoms with van der Waals surface area (Å²) in [5, 5.41) is 0. The van der Waals surface area contributed by atoms with Gasteiger partial charge >= 0.3 is 0 Å². The smallest absolute Gasteiger partial charge is 0.257 e. The molecule has 3 heterocycles. The lowest BCUT2D eigenvalue weighted by Crippen LogP contribution is -2.50. The van der Waals surface area contributed by atoms with Gasteiger partial charge in [0, 0.05) is 45.5 Å². The lowest BCUT2D eigenvalue weighted by molar-refractivity contribution is -0.128. The van der Waals surface area contributed by atoms with Crippen LogP contribution in [0.2, 0.25) is 0 Å². The maximum Gasteiger partial charge on any atom is 0.257 e. The Labute approximate surface area is 165 Å². The van der Waals surface area contributed by atoms with E-state index in [1.165, 1.54) is 11.1 Å². The fraction of sp³-hybridized carbons (Fsp3) is 0.400. The molecule has 28 heavy (non-hydrogen) atoms. The Morgan fingerprint density at radius 3 is 2.68 bits per heavy atom. The van der Waals surface area contributed by atoms with Gasteiger partial charge in [0.15, 0.2) is 5.84 Å². The number of benzene rings is 1. The van der Waals surface area contributed by atoms with Gasteiger partial charge in [-0.05, 0) is 24.6 Å². The van der Waals surface area contributed by atoms with Gasteiger partial charge in [-0.25, -0.2) is 8.42 Å². The average molecular weight is 401 g/mol. The zero-order chi connectivity index (χ0) is 19.7. The molecular formula is C20H24N4O3S. The number of carbonyl (C=O) groups is 1. The molecule has 148 valence electrons. The molecule has 8 heteroatoms. The first kappa shape index (κ1) is 18.9. The summed E-state index contributed by atoms with van der Waals surface area (Å²) in [5.74, 6) is 0.0706. The Bertz CT molecular complexity index is 973. The Balaban J connectivity index is 1.42. The molecule has 0 unspecified atom stereocenters. The van der Waals surface area contributed by atoms with Gasteiger partial charge in [-0.3, -0.25) is 9.69 Å². The molecule has 1 aromatic carbocycles. The lowest BCUT2D eigenvalue weighted by Gasteiger charge is -2.36. The minimum Gasteiger partial charge on any atom is -0.336 e. The van der Waals surface area contributed by atoms with E-state index in [4.69, 9.17) is 0 Å². The number of allylic oxidation sites excluding steroid dienone is 2. The molecule has 0 radical (unpaired) electrons. The first-order valence-electron chi connectivity index (χ1n) is 9.47. The van der Waals surface area contributed by atoms with E-state index < -0.39 is 10.0 Å². The minimum atomic E-state index is -3.50. The molecule has 0 atom stereocenters. The van der Waals surface area contributed by atoms with Crippen molar-refractivity contribution in [3.63, 3.8) is 0 Å². The van der Waals surface area contributed by atoms with Crippen LogP contribution in [-0.4, -0.2) is 73.3 Å². The fourth-order valence-corrected chi connectivity index (χ4v) is 4.72. The number of hydrogen-bond acceptors (Lipinski definition) is 5. The van der Waals surface area contributed by atoms with Crippen molar-refractivity contribution in [2.24, 2.45) is 4.40 Å². The number of amides is 1. The van der Waals surface area contributed by atoms with E-state index in [1.54, 1.807) is 28.2 Å². The van der Waals surface area contributed by atoms with Crippen molar-refractivity contribution in [1.29, 1.82) is 0 Å². The summed E-state index contributed by atoms with van der Waals surface area (Å²) in [7, 11) is -3.50. The number of piperazine rings is 1. The van der Waals surface area contributed by atoms with Gasteiger partial charge in [0.25, 0.3) is 15.9 Å². The number of rotatable bonds is 3. The second-order valence-electron chi connectivity index (χ2n) is 7.37. The van der Waals surface area contributed by atoms with Gasteiger partial charge < -0.3 is 9.80 Å². The van der Waals surface area contributed by atoms with Crippen molar-refractivity contribution in [1.82, 2.24) is 14.7 Å². The summed E-state index contributed by atoms with van der Waals surface area (Å²) in [4.78, 5) is 18.9. The summed E-state index contributed by atoms with van der Waals surface area (Å²) >= 11 is 0. The molecule has 0 saturated carbocycles. The number of sulfonamides is 1. The molecule has 4 rings (SSSR count). The van der Waals surface area contributed by atoms with Crippen LogP contribution in [0.25, 0.3) is 0 Å². The first-order chi connectivity index (χ1) is 13.4. The zero-order valence-electron chi connectivity index (χ0n) is 15.9. The van der Waals surface area contributed by atoms with E-state index in [2.05, 4.69) is 40.5 Å². The standard InChI is InChI=1S/C20H24N4O3S/c1-16-4-2-5-17(14-16)15-22-8-10-24(11-9-22)20(25)18-6-3-7-23-12-13-28(26,27)21-19(18)23/h2-7,14H,8-13,15H2,1H3. The molecule has 1 aromatic rings. The minimum absolute atomic E-state index is 0.0278. The largest absolute Gasteiger partial charge is 0.336 e. The van der Waals surface area contributed by atoms with Crippen LogP contribution in [0.1, 0.15) is 11.1 Å². The summed E-state index contributed by atoms with van der Waals surface area (Å²) in [6.45, 7) is 6.09. The van der Waals surface area contributed by atoms with Crippen LogP contribution in [0.5, 0.6) is 0 Å². The predicted octanol–water partition coefficient (Wildman–Crippen LogP) is 1.14. The number of amidine groups is 1. The Morgan fingerprint density at radius 1 is 1.14 bits per heavy atom. The highest BCUT2D eigenvalue weighted by Gasteiger charge is 2.33. The van der Waals surface area contributed by atoms with Crippen LogP contribution < -0.4 is 0 Å². The molecule has 0 N–H and O–H groups in total. The SMILES string of the molecule is Cc1cccc(CN2CCN(C(=O)C3=CC=CN4CCS(=O)(=O)N=C34)CC2)c1.